The van der Waals surface area contributed by atoms with Crippen LogP contribution in [0.2, 0.25) is 0 Å². The molecule has 0 radical (unpaired) electrons. The van der Waals surface area contributed by atoms with Crippen molar-refractivity contribution in [2.24, 2.45) is 5.14 Å². The van der Waals surface area contributed by atoms with Gasteiger partial charge in [0.2, 0.25) is 10.0 Å². The van der Waals surface area contributed by atoms with Crippen molar-refractivity contribution in [3.05, 3.63) is 18.0 Å². The summed E-state index contributed by atoms with van der Waals surface area (Å²) in [6.07, 6.45) is 2.24. The van der Waals surface area contributed by atoms with Crippen LogP contribution in [0.15, 0.2) is 17.2 Å². The number of primary sulfonamides is 1. The largest absolute Gasteiger partial charge is 0.340 e. The van der Waals surface area contributed by atoms with Gasteiger partial charge in [-0.1, -0.05) is 6.92 Å². The van der Waals surface area contributed by atoms with Crippen LogP contribution in [0.4, 0.5) is 0 Å². The summed E-state index contributed by atoms with van der Waals surface area (Å²) >= 11 is 0. The molecule has 20 heavy (non-hydrogen) atoms. The zero-order valence-corrected chi connectivity index (χ0v) is 13.4. The Kier molecular flexibility index (Phi) is 4.99. The predicted molar refractivity (Wildman–Crippen MR) is 78.0 cm³/mol. The fourth-order valence-corrected chi connectivity index (χ4v) is 2.40. The third kappa shape index (κ3) is 3.40. The number of amides is 1. The van der Waals surface area contributed by atoms with Gasteiger partial charge in [-0.2, -0.15) is 0 Å². The van der Waals surface area contributed by atoms with Crippen LogP contribution in [0, 0.1) is 0 Å². The monoisotopic (exact) mass is 301 g/mol. The molecule has 1 atom stereocenters. The van der Waals surface area contributed by atoms with Gasteiger partial charge in [-0.3, -0.25) is 4.79 Å². The molecule has 0 aliphatic rings. The molecule has 1 heterocycles. The summed E-state index contributed by atoms with van der Waals surface area (Å²) in [6, 6.07) is 1.39. The van der Waals surface area contributed by atoms with Crippen LogP contribution >= 0.6 is 0 Å². The van der Waals surface area contributed by atoms with E-state index in [1.54, 1.807) is 16.5 Å². The van der Waals surface area contributed by atoms with Crippen molar-refractivity contribution < 1.29 is 13.2 Å². The summed E-state index contributed by atoms with van der Waals surface area (Å²) in [7, 11) is -2.10. The van der Waals surface area contributed by atoms with Gasteiger partial charge in [-0.15, -0.1) is 0 Å². The normalized spacial score (nSPS) is 13.6. The number of hydrogen-bond acceptors (Lipinski definition) is 3. The fourth-order valence-electron chi connectivity index (χ4n) is 1.86. The number of carbonyl (C=O) groups is 1. The van der Waals surface area contributed by atoms with Crippen molar-refractivity contribution in [3.8, 4) is 0 Å². The van der Waals surface area contributed by atoms with E-state index in [4.69, 9.17) is 5.14 Å². The summed E-state index contributed by atoms with van der Waals surface area (Å²) in [5.41, 5.74) is 0.340. The Morgan fingerprint density at radius 2 is 1.95 bits per heavy atom. The molecule has 0 fully saturated rings. The molecule has 114 valence electrons. The molecular formula is C13H23N3O3S. The lowest BCUT2D eigenvalue weighted by molar-refractivity contribution is 0.0728. The van der Waals surface area contributed by atoms with E-state index in [0.29, 0.717) is 5.69 Å². The number of carbonyl (C=O) groups excluding carboxylic acids is 1. The average Bonchev–Trinajstić information content (AvgIpc) is 2.80. The van der Waals surface area contributed by atoms with Crippen molar-refractivity contribution in [2.45, 2.75) is 51.1 Å². The van der Waals surface area contributed by atoms with Crippen molar-refractivity contribution in [2.75, 3.05) is 7.05 Å². The second-order valence-corrected chi connectivity index (χ2v) is 6.84. The molecular weight excluding hydrogens is 278 g/mol. The Bertz CT molecular complexity index is 590. The molecule has 1 unspecified atom stereocenters. The van der Waals surface area contributed by atoms with E-state index >= 15 is 0 Å². The molecule has 0 aromatic carbocycles. The first-order chi connectivity index (χ1) is 9.09. The molecule has 1 rings (SSSR count). The quantitative estimate of drug-likeness (QED) is 0.896. The summed E-state index contributed by atoms with van der Waals surface area (Å²) in [5, 5.41) is 5.14. The van der Waals surface area contributed by atoms with Gasteiger partial charge in [-0.05, 0) is 33.3 Å². The van der Waals surface area contributed by atoms with E-state index in [0.717, 1.165) is 6.42 Å². The molecule has 2 N–H and O–H groups in total. The Morgan fingerprint density at radius 3 is 2.35 bits per heavy atom. The minimum absolute atomic E-state index is 0.0326. The van der Waals surface area contributed by atoms with E-state index in [1.807, 2.05) is 27.7 Å². The zero-order chi connectivity index (χ0) is 15.7. The maximum atomic E-state index is 12.5. The molecule has 0 aliphatic heterocycles. The third-order valence-electron chi connectivity index (χ3n) is 3.50. The molecule has 1 amide bonds. The maximum Gasteiger partial charge on any atom is 0.270 e. The molecule has 1 aromatic rings. The van der Waals surface area contributed by atoms with Crippen LogP contribution in [-0.4, -0.2) is 36.9 Å². The highest BCUT2D eigenvalue weighted by molar-refractivity contribution is 7.89. The summed E-state index contributed by atoms with van der Waals surface area (Å²) in [5.74, 6) is -0.206. The maximum absolute atomic E-state index is 12.5. The first-order valence-corrected chi connectivity index (χ1v) is 8.16. The first kappa shape index (κ1) is 16.7. The third-order valence-corrected chi connectivity index (χ3v) is 4.38. The minimum atomic E-state index is -3.81. The lowest BCUT2D eigenvalue weighted by atomic mass is 10.2. The van der Waals surface area contributed by atoms with E-state index < -0.39 is 10.0 Å². The second-order valence-electron chi connectivity index (χ2n) is 5.28. The predicted octanol–water partition coefficient (Wildman–Crippen LogP) is 1.59. The zero-order valence-electron chi connectivity index (χ0n) is 12.6. The van der Waals surface area contributed by atoms with E-state index in [9.17, 15) is 13.2 Å². The summed E-state index contributed by atoms with van der Waals surface area (Å²) in [6.45, 7) is 7.70. The highest BCUT2D eigenvalue weighted by Gasteiger charge is 2.24. The Morgan fingerprint density at radius 1 is 1.40 bits per heavy atom. The summed E-state index contributed by atoms with van der Waals surface area (Å²) in [4.78, 5) is 14.1. The van der Waals surface area contributed by atoms with Gasteiger partial charge in [0, 0.05) is 25.3 Å². The van der Waals surface area contributed by atoms with E-state index in [1.165, 1.54) is 12.3 Å². The van der Waals surface area contributed by atoms with Gasteiger partial charge < -0.3 is 9.47 Å². The highest BCUT2D eigenvalue weighted by atomic mass is 32.2. The molecule has 0 saturated heterocycles. The van der Waals surface area contributed by atoms with Crippen LogP contribution < -0.4 is 5.14 Å². The van der Waals surface area contributed by atoms with E-state index in [-0.39, 0.29) is 22.9 Å². The van der Waals surface area contributed by atoms with Crippen molar-refractivity contribution in [3.63, 3.8) is 0 Å². The summed E-state index contributed by atoms with van der Waals surface area (Å²) < 4.78 is 24.5. The molecule has 0 bridgehead atoms. The van der Waals surface area contributed by atoms with Crippen molar-refractivity contribution in [1.82, 2.24) is 9.47 Å². The highest BCUT2D eigenvalue weighted by Crippen LogP contribution is 2.20. The van der Waals surface area contributed by atoms with Crippen molar-refractivity contribution >= 4 is 15.9 Å². The van der Waals surface area contributed by atoms with Gasteiger partial charge >= 0.3 is 0 Å². The van der Waals surface area contributed by atoms with E-state index in [2.05, 4.69) is 0 Å². The Labute approximate surface area is 120 Å². The smallest absolute Gasteiger partial charge is 0.270 e. The molecule has 1 aromatic heterocycles. The molecule has 0 saturated carbocycles. The van der Waals surface area contributed by atoms with Gasteiger partial charge in [0.05, 0.1) is 0 Å². The standard InChI is InChI=1S/C13H23N3O3S/c1-6-10(4)15(5)13(17)12-7-11(20(14,18)19)8-16(12)9(2)3/h7-10H,6H2,1-5H3,(H2,14,18,19). The van der Waals surface area contributed by atoms with Gasteiger partial charge in [0.1, 0.15) is 10.6 Å². The van der Waals surface area contributed by atoms with Crippen LogP contribution in [0.3, 0.4) is 0 Å². The number of rotatable bonds is 5. The molecule has 0 spiro atoms. The van der Waals surface area contributed by atoms with Gasteiger partial charge in [0.15, 0.2) is 0 Å². The van der Waals surface area contributed by atoms with Crippen LogP contribution in [0.25, 0.3) is 0 Å². The first-order valence-electron chi connectivity index (χ1n) is 6.61. The van der Waals surface area contributed by atoms with Gasteiger partial charge in [0.25, 0.3) is 5.91 Å². The SMILES string of the molecule is CCC(C)N(C)C(=O)c1cc(S(N)(=O)=O)cn1C(C)C. The molecule has 7 heteroatoms. The minimum Gasteiger partial charge on any atom is -0.340 e. The Hall–Kier alpha value is -1.34. The lowest BCUT2D eigenvalue weighted by Gasteiger charge is -2.25. The van der Waals surface area contributed by atoms with Crippen LogP contribution in [-0.2, 0) is 10.0 Å². The fraction of sp³-hybridized carbons (Fsp3) is 0.615. The van der Waals surface area contributed by atoms with Crippen molar-refractivity contribution in [1.29, 1.82) is 0 Å². The molecule has 6 nitrogen and oxygen atoms in total. The topological polar surface area (TPSA) is 85.4 Å². The van der Waals surface area contributed by atoms with Gasteiger partial charge in [-0.25, -0.2) is 13.6 Å². The Balaban J connectivity index is 3.30. The number of sulfonamides is 1. The average molecular weight is 301 g/mol. The lowest BCUT2D eigenvalue weighted by Crippen LogP contribution is -2.35. The number of nitrogens with two attached hydrogens (primary N) is 1. The van der Waals surface area contributed by atoms with Crippen LogP contribution in [0.1, 0.15) is 50.6 Å². The number of aromatic nitrogens is 1. The molecule has 0 aliphatic carbocycles. The second kappa shape index (κ2) is 5.97. The number of nitrogens with zero attached hydrogens (tertiary/aromatic N) is 2. The number of hydrogen-bond donors (Lipinski definition) is 1. The van der Waals surface area contributed by atoms with Crippen LogP contribution in [0.5, 0.6) is 0 Å².